The number of furan rings is 1. The highest BCUT2D eigenvalue weighted by molar-refractivity contribution is 9.10. The van der Waals surface area contributed by atoms with Crippen LogP contribution in [0.5, 0.6) is 0 Å². The highest BCUT2D eigenvalue weighted by Crippen LogP contribution is 2.33. The molecular formula is C21H23BrN4O2. The third-order valence-corrected chi connectivity index (χ3v) is 5.80. The average molecular weight is 443 g/mol. The molecule has 0 spiro atoms. The number of anilines is 2. The molecule has 1 unspecified atom stereocenters. The van der Waals surface area contributed by atoms with Crippen molar-refractivity contribution in [1.82, 2.24) is 9.97 Å². The van der Waals surface area contributed by atoms with Crippen LogP contribution in [0.2, 0.25) is 0 Å². The third-order valence-electron chi connectivity index (χ3n) is 5.31. The molecule has 1 atom stereocenters. The van der Waals surface area contributed by atoms with E-state index in [9.17, 15) is 4.79 Å². The summed E-state index contributed by atoms with van der Waals surface area (Å²) in [7, 11) is 0. The molecule has 1 fully saturated rings. The number of hydrogen-bond acceptors (Lipinski definition) is 5. The molecule has 6 nitrogen and oxygen atoms in total. The number of rotatable bonds is 3. The first-order valence-corrected chi connectivity index (χ1v) is 10.3. The van der Waals surface area contributed by atoms with E-state index in [2.05, 4.69) is 31.1 Å². The van der Waals surface area contributed by atoms with Gasteiger partial charge < -0.3 is 14.6 Å². The highest BCUT2D eigenvalue weighted by Gasteiger charge is 2.29. The number of hydrogen-bond donors (Lipinski definition) is 1. The predicted molar refractivity (Wildman–Crippen MR) is 114 cm³/mol. The zero-order chi connectivity index (χ0) is 19.8. The highest BCUT2D eigenvalue weighted by atomic mass is 79.9. The summed E-state index contributed by atoms with van der Waals surface area (Å²) in [6, 6.07) is 7.67. The monoisotopic (exact) mass is 442 g/mol. The second-order valence-electron chi connectivity index (χ2n) is 7.34. The Kier molecular flexibility index (Phi) is 5.10. The SMILES string of the molecule is Cc1nc(N2CCCC(C(=O)Nc3cccc(Br)c3)C2)c2c(C)c(C)oc2n1. The van der Waals surface area contributed by atoms with Crippen molar-refractivity contribution in [2.24, 2.45) is 5.92 Å². The number of carbonyl (C=O) groups is 1. The molecule has 0 saturated carbocycles. The summed E-state index contributed by atoms with van der Waals surface area (Å²) in [5.74, 6) is 2.36. The number of piperidine rings is 1. The fraction of sp³-hybridized carbons (Fsp3) is 0.381. The van der Waals surface area contributed by atoms with Gasteiger partial charge in [0, 0.05) is 28.8 Å². The molecule has 3 heterocycles. The summed E-state index contributed by atoms with van der Waals surface area (Å²) in [5, 5.41) is 4.00. The lowest BCUT2D eigenvalue weighted by molar-refractivity contribution is -0.120. The third kappa shape index (κ3) is 3.63. The summed E-state index contributed by atoms with van der Waals surface area (Å²) < 4.78 is 6.76. The second kappa shape index (κ2) is 7.54. The van der Waals surface area contributed by atoms with Crippen molar-refractivity contribution in [3.05, 3.63) is 45.9 Å². The second-order valence-corrected chi connectivity index (χ2v) is 8.26. The van der Waals surface area contributed by atoms with Gasteiger partial charge in [-0.3, -0.25) is 4.79 Å². The number of fused-ring (bicyclic) bond motifs is 1. The van der Waals surface area contributed by atoms with Gasteiger partial charge in [-0.1, -0.05) is 22.0 Å². The Labute approximate surface area is 172 Å². The standard InChI is InChI=1S/C21H23BrN4O2/c1-12-13(2)28-21-18(12)19(23-14(3)24-21)26-9-5-6-15(11-26)20(27)25-17-8-4-7-16(22)10-17/h4,7-8,10,15H,5-6,9,11H2,1-3H3,(H,25,27). The summed E-state index contributed by atoms with van der Waals surface area (Å²) in [6.07, 6.45) is 1.81. The van der Waals surface area contributed by atoms with Gasteiger partial charge in [-0.25, -0.2) is 4.98 Å². The van der Waals surface area contributed by atoms with Crippen molar-refractivity contribution in [3.8, 4) is 0 Å². The minimum absolute atomic E-state index is 0.0462. The fourth-order valence-electron chi connectivity index (χ4n) is 3.76. The van der Waals surface area contributed by atoms with Crippen molar-refractivity contribution >= 4 is 44.4 Å². The molecule has 1 aliphatic heterocycles. The van der Waals surface area contributed by atoms with Crippen LogP contribution in [-0.2, 0) is 4.79 Å². The topological polar surface area (TPSA) is 71.3 Å². The number of aromatic nitrogens is 2. The molecular weight excluding hydrogens is 420 g/mol. The minimum atomic E-state index is -0.0913. The lowest BCUT2D eigenvalue weighted by atomic mass is 9.96. The van der Waals surface area contributed by atoms with Gasteiger partial charge in [-0.05, 0) is 51.8 Å². The van der Waals surface area contributed by atoms with Gasteiger partial charge >= 0.3 is 0 Å². The van der Waals surface area contributed by atoms with Crippen molar-refractivity contribution in [2.45, 2.75) is 33.6 Å². The van der Waals surface area contributed by atoms with Gasteiger partial charge in [-0.15, -0.1) is 0 Å². The van der Waals surface area contributed by atoms with Gasteiger partial charge in [0.15, 0.2) is 0 Å². The van der Waals surface area contributed by atoms with Crippen LogP contribution in [0.4, 0.5) is 11.5 Å². The van der Waals surface area contributed by atoms with Gasteiger partial charge in [0.25, 0.3) is 0 Å². The lowest BCUT2D eigenvalue weighted by Crippen LogP contribution is -2.41. The van der Waals surface area contributed by atoms with Crippen molar-refractivity contribution in [2.75, 3.05) is 23.3 Å². The van der Waals surface area contributed by atoms with Crippen LogP contribution in [0.3, 0.4) is 0 Å². The van der Waals surface area contributed by atoms with Gasteiger partial charge in [-0.2, -0.15) is 4.98 Å². The van der Waals surface area contributed by atoms with E-state index in [1.165, 1.54) is 0 Å². The van der Waals surface area contributed by atoms with Crippen molar-refractivity contribution < 1.29 is 9.21 Å². The first-order valence-electron chi connectivity index (χ1n) is 9.48. The zero-order valence-electron chi connectivity index (χ0n) is 16.3. The molecule has 1 aromatic carbocycles. The molecule has 0 aliphatic carbocycles. The molecule has 0 bridgehead atoms. The number of nitrogens with one attached hydrogen (secondary N) is 1. The number of nitrogens with zero attached hydrogens (tertiary/aromatic N) is 3. The normalized spacial score (nSPS) is 17.1. The Balaban J connectivity index is 1.59. The van der Waals surface area contributed by atoms with Crippen molar-refractivity contribution in [1.29, 1.82) is 0 Å². The molecule has 28 heavy (non-hydrogen) atoms. The quantitative estimate of drug-likeness (QED) is 0.632. The van der Waals surface area contributed by atoms with Gasteiger partial charge in [0.1, 0.15) is 17.4 Å². The van der Waals surface area contributed by atoms with E-state index in [1.54, 1.807) is 0 Å². The smallest absolute Gasteiger partial charge is 0.231 e. The number of carbonyl (C=O) groups excluding carboxylic acids is 1. The van der Waals surface area contributed by atoms with Crippen LogP contribution in [0.1, 0.15) is 30.0 Å². The Bertz CT molecular complexity index is 1050. The van der Waals surface area contributed by atoms with Crippen LogP contribution in [-0.4, -0.2) is 29.0 Å². The van der Waals surface area contributed by atoms with Gasteiger partial charge in [0.2, 0.25) is 11.6 Å². The summed E-state index contributed by atoms with van der Waals surface area (Å²) in [6.45, 7) is 7.35. The van der Waals surface area contributed by atoms with E-state index in [0.717, 1.165) is 52.1 Å². The van der Waals surface area contributed by atoms with E-state index < -0.39 is 0 Å². The Morgan fingerprint density at radius 1 is 1.29 bits per heavy atom. The molecule has 7 heteroatoms. The Morgan fingerprint density at radius 3 is 2.89 bits per heavy atom. The van der Waals surface area contributed by atoms with Crippen molar-refractivity contribution in [3.63, 3.8) is 0 Å². The number of halogens is 1. The maximum Gasteiger partial charge on any atom is 0.231 e. The fourth-order valence-corrected chi connectivity index (χ4v) is 4.15. The minimum Gasteiger partial charge on any atom is -0.443 e. The maximum absolute atomic E-state index is 12.9. The average Bonchev–Trinajstić information content (AvgIpc) is 2.95. The number of benzene rings is 1. The molecule has 4 rings (SSSR count). The van der Waals surface area contributed by atoms with Crippen LogP contribution >= 0.6 is 15.9 Å². The number of aryl methyl sites for hydroxylation is 3. The van der Waals surface area contributed by atoms with E-state index in [-0.39, 0.29) is 11.8 Å². The molecule has 2 aromatic heterocycles. The largest absolute Gasteiger partial charge is 0.443 e. The first kappa shape index (κ1) is 18.9. The summed E-state index contributed by atoms with van der Waals surface area (Å²) >= 11 is 3.44. The summed E-state index contributed by atoms with van der Waals surface area (Å²) in [5.41, 5.74) is 2.49. The molecule has 146 valence electrons. The van der Waals surface area contributed by atoms with E-state index in [0.29, 0.717) is 18.1 Å². The molecule has 1 saturated heterocycles. The zero-order valence-corrected chi connectivity index (χ0v) is 17.8. The van der Waals surface area contributed by atoms with E-state index in [1.807, 2.05) is 45.0 Å². The molecule has 1 aliphatic rings. The number of amides is 1. The van der Waals surface area contributed by atoms with Crippen LogP contribution in [0.15, 0.2) is 33.2 Å². The molecule has 3 aromatic rings. The maximum atomic E-state index is 12.9. The van der Waals surface area contributed by atoms with Crippen LogP contribution in [0, 0.1) is 26.7 Å². The van der Waals surface area contributed by atoms with Gasteiger partial charge in [0.05, 0.1) is 11.3 Å². The molecule has 0 radical (unpaired) electrons. The van der Waals surface area contributed by atoms with Crippen LogP contribution < -0.4 is 10.2 Å². The Hall–Kier alpha value is -2.41. The Morgan fingerprint density at radius 2 is 2.11 bits per heavy atom. The van der Waals surface area contributed by atoms with E-state index >= 15 is 0 Å². The molecule has 1 N–H and O–H groups in total. The lowest BCUT2D eigenvalue weighted by Gasteiger charge is -2.33. The van der Waals surface area contributed by atoms with E-state index in [4.69, 9.17) is 9.40 Å². The predicted octanol–water partition coefficient (Wildman–Crippen LogP) is 4.77. The molecule has 1 amide bonds. The summed E-state index contributed by atoms with van der Waals surface area (Å²) in [4.78, 5) is 24.2. The first-order chi connectivity index (χ1) is 13.4. The van der Waals surface area contributed by atoms with Crippen LogP contribution in [0.25, 0.3) is 11.1 Å².